The van der Waals surface area contributed by atoms with E-state index in [1.54, 1.807) is 6.07 Å². The summed E-state index contributed by atoms with van der Waals surface area (Å²) >= 11 is 0. The largest absolute Gasteiger partial charge is 0.484 e. The van der Waals surface area contributed by atoms with E-state index >= 15 is 0 Å². The molecule has 0 aliphatic carbocycles. The molecule has 1 aromatic rings. The number of halogens is 1. The van der Waals surface area contributed by atoms with Crippen molar-refractivity contribution in [1.82, 2.24) is 16.0 Å². The van der Waals surface area contributed by atoms with E-state index in [4.69, 9.17) is 4.74 Å². The maximum absolute atomic E-state index is 11.8. The molecule has 6 nitrogen and oxygen atoms in total. The lowest BCUT2D eigenvalue weighted by molar-refractivity contribution is -0.124. The van der Waals surface area contributed by atoms with E-state index in [9.17, 15) is 9.59 Å². The Balaban J connectivity index is 0.00000484. The second kappa shape index (κ2) is 11.7. The topological polar surface area (TPSA) is 79.5 Å². The highest BCUT2D eigenvalue weighted by molar-refractivity contribution is 5.85. The van der Waals surface area contributed by atoms with E-state index in [1.165, 1.54) is 0 Å². The summed E-state index contributed by atoms with van der Waals surface area (Å²) in [4.78, 5) is 23.2. The van der Waals surface area contributed by atoms with Crippen LogP contribution >= 0.6 is 12.4 Å². The number of carbonyl (C=O) groups excluding carboxylic acids is 2. The Kier molecular flexibility index (Phi) is 10.8. The molecule has 2 amide bonds. The van der Waals surface area contributed by atoms with Crippen LogP contribution in [0.25, 0.3) is 0 Å². The molecule has 0 fully saturated rings. The molecule has 0 saturated carbocycles. The second-order valence-electron chi connectivity index (χ2n) is 5.07. The van der Waals surface area contributed by atoms with Crippen molar-refractivity contribution < 1.29 is 14.3 Å². The van der Waals surface area contributed by atoms with E-state index in [2.05, 4.69) is 16.0 Å². The van der Waals surface area contributed by atoms with Crippen molar-refractivity contribution in [2.75, 3.05) is 26.7 Å². The van der Waals surface area contributed by atoms with Gasteiger partial charge in [0.25, 0.3) is 5.91 Å². The van der Waals surface area contributed by atoms with Crippen LogP contribution in [-0.4, -0.2) is 38.6 Å². The number of hydrogen-bond acceptors (Lipinski definition) is 4. The molecule has 1 aromatic carbocycles. The van der Waals surface area contributed by atoms with Gasteiger partial charge in [-0.2, -0.15) is 0 Å². The van der Waals surface area contributed by atoms with Crippen LogP contribution in [-0.2, 0) is 16.1 Å². The lowest BCUT2D eigenvalue weighted by Gasteiger charge is -2.12. The third-order valence-electron chi connectivity index (χ3n) is 3.07. The molecule has 1 unspecified atom stereocenters. The van der Waals surface area contributed by atoms with Gasteiger partial charge in [0.2, 0.25) is 5.91 Å². The van der Waals surface area contributed by atoms with Gasteiger partial charge in [-0.25, -0.2) is 0 Å². The quantitative estimate of drug-likeness (QED) is 0.627. The Labute approximate surface area is 143 Å². The first-order valence-corrected chi connectivity index (χ1v) is 7.47. The summed E-state index contributed by atoms with van der Waals surface area (Å²) in [6.07, 6.45) is 0. The number of carbonyl (C=O) groups is 2. The number of benzene rings is 1. The van der Waals surface area contributed by atoms with Crippen molar-refractivity contribution in [1.29, 1.82) is 0 Å². The molecule has 130 valence electrons. The zero-order valence-corrected chi connectivity index (χ0v) is 14.7. The summed E-state index contributed by atoms with van der Waals surface area (Å²) in [5, 5.41) is 8.52. The van der Waals surface area contributed by atoms with Crippen LogP contribution in [0.2, 0.25) is 0 Å². The first kappa shape index (κ1) is 21.2. The Morgan fingerprint density at radius 3 is 2.65 bits per heavy atom. The molecule has 0 saturated heterocycles. The van der Waals surface area contributed by atoms with Crippen molar-refractivity contribution in [3.63, 3.8) is 0 Å². The van der Waals surface area contributed by atoms with Gasteiger partial charge < -0.3 is 20.7 Å². The third-order valence-corrected chi connectivity index (χ3v) is 3.07. The first-order valence-electron chi connectivity index (χ1n) is 7.47. The molecule has 3 N–H and O–H groups in total. The van der Waals surface area contributed by atoms with Crippen molar-refractivity contribution in [3.8, 4) is 5.75 Å². The average Bonchev–Trinajstić information content (AvgIpc) is 2.51. The number of amides is 2. The number of rotatable bonds is 9. The molecule has 0 spiro atoms. The fourth-order valence-electron chi connectivity index (χ4n) is 1.90. The number of nitrogens with one attached hydrogen (secondary N) is 3. The van der Waals surface area contributed by atoms with Gasteiger partial charge in [-0.3, -0.25) is 9.59 Å². The molecule has 1 atom stereocenters. The summed E-state index contributed by atoms with van der Waals surface area (Å²) in [5.74, 6) is 0.383. The molecule has 0 heterocycles. The van der Waals surface area contributed by atoms with E-state index in [0.717, 1.165) is 5.56 Å². The van der Waals surface area contributed by atoms with Crippen molar-refractivity contribution in [2.24, 2.45) is 5.92 Å². The summed E-state index contributed by atoms with van der Waals surface area (Å²) in [6.45, 7) is 5.38. The molecule has 7 heteroatoms. The number of ether oxygens (including phenoxy) is 1. The summed E-state index contributed by atoms with van der Waals surface area (Å²) in [6, 6.07) is 7.35. The SMILES string of the molecule is CCNC(=O)COc1cccc(CNC(=O)C(C)CNC)c1.Cl. The normalized spacial score (nSPS) is 11.1. The van der Waals surface area contributed by atoms with Crippen LogP contribution in [0.1, 0.15) is 19.4 Å². The van der Waals surface area contributed by atoms with E-state index in [-0.39, 0.29) is 36.7 Å². The molecule has 0 radical (unpaired) electrons. The maximum atomic E-state index is 11.8. The summed E-state index contributed by atoms with van der Waals surface area (Å²) in [7, 11) is 1.82. The van der Waals surface area contributed by atoms with Gasteiger partial charge in [-0.1, -0.05) is 19.1 Å². The fourth-order valence-corrected chi connectivity index (χ4v) is 1.90. The lowest BCUT2D eigenvalue weighted by Crippen LogP contribution is -2.33. The third kappa shape index (κ3) is 8.42. The lowest BCUT2D eigenvalue weighted by atomic mass is 10.1. The minimum Gasteiger partial charge on any atom is -0.484 e. The molecule has 0 bridgehead atoms. The van der Waals surface area contributed by atoms with Gasteiger partial charge in [0.05, 0.1) is 0 Å². The second-order valence-corrected chi connectivity index (χ2v) is 5.07. The van der Waals surface area contributed by atoms with Crippen LogP contribution < -0.4 is 20.7 Å². The van der Waals surface area contributed by atoms with Gasteiger partial charge in [0.15, 0.2) is 6.61 Å². The molecule has 23 heavy (non-hydrogen) atoms. The van der Waals surface area contributed by atoms with Crippen LogP contribution in [0.15, 0.2) is 24.3 Å². The smallest absolute Gasteiger partial charge is 0.257 e. The maximum Gasteiger partial charge on any atom is 0.257 e. The molecule has 0 aromatic heterocycles. The van der Waals surface area contributed by atoms with Crippen LogP contribution in [0.4, 0.5) is 0 Å². The van der Waals surface area contributed by atoms with Crippen LogP contribution in [0.3, 0.4) is 0 Å². The highest BCUT2D eigenvalue weighted by atomic mass is 35.5. The molecule has 0 aliphatic rings. The van der Waals surface area contributed by atoms with E-state index in [1.807, 2.05) is 39.1 Å². The van der Waals surface area contributed by atoms with Crippen molar-refractivity contribution >= 4 is 24.2 Å². The Hall–Kier alpha value is -1.79. The summed E-state index contributed by atoms with van der Waals surface area (Å²) < 4.78 is 5.42. The van der Waals surface area contributed by atoms with E-state index in [0.29, 0.717) is 25.4 Å². The molecular weight excluding hydrogens is 318 g/mol. The first-order chi connectivity index (χ1) is 10.6. The fraction of sp³-hybridized carbons (Fsp3) is 0.500. The van der Waals surface area contributed by atoms with Crippen molar-refractivity contribution in [3.05, 3.63) is 29.8 Å². The standard InChI is InChI=1S/C16H25N3O3.ClH/c1-4-18-15(20)11-22-14-7-5-6-13(8-14)10-19-16(21)12(2)9-17-3;/h5-8,12,17H,4,9-11H2,1-3H3,(H,18,20)(H,19,21);1H. The van der Waals surface area contributed by atoms with Gasteiger partial charge in [-0.05, 0) is 31.7 Å². The average molecular weight is 344 g/mol. The number of likely N-dealkylation sites (N-methyl/N-ethyl adjacent to an activating group) is 1. The predicted octanol–water partition coefficient (Wildman–Crippen LogP) is 1.09. The van der Waals surface area contributed by atoms with Gasteiger partial charge in [0, 0.05) is 25.6 Å². The Morgan fingerprint density at radius 1 is 1.26 bits per heavy atom. The molecule has 1 rings (SSSR count). The highest BCUT2D eigenvalue weighted by Crippen LogP contribution is 2.13. The minimum atomic E-state index is -0.151. The predicted molar refractivity (Wildman–Crippen MR) is 92.8 cm³/mol. The highest BCUT2D eigenvalue weighted by Gasteiger charge is 2.11. The van der Waals surface area contributed by atoms with Gasteiger partial charge >= 0.3 is 0 Å². The molecule has 0 aliphatic heterocycles. The van der Waals surface area contributed by atoms with Crippen LogP contribution in [0, 0.1) is 5.92 Å². The Bertz CT molecular complexity index is 497. The van der Waals surface area contributed by atoms with Gasteiger partial charge in [0.1, 0.15) is 5.75 Å². The van der Waals surface area contributed by atoms with E-state index < -0.39 is 0 Å². The molecular formula is C16H26ClN3O3. The summed E-state index contributed by atoms with van der Waals surface area (Å²) in [5.41, 5.74) is 0.929. The van der Waals surface area contributed by atoms with Crippen LogP contribution in [0.5, 0.6) is 5.75 Å². The Morgan fingerprint density at radius 2 is 2.00 bits per heavy atom. The monoisotopic (exact) mass is 343 g/mol. The zero-order chi connectivity index (χ0) is 16.4. The number of hydrogen-bond donors (Lipinski definition) is 3. The van der Waals surface area contributed by atoms with Gasteiger partial charge in [-0.15, -0.1) is 12.4 Å². The minimum absolute atomic E-state index is 0. The van der Waals surface area contributed by atoms with Crippen molar-refractivity contribution in [2.45, 2.75) is 20.4 Å². The zero-order valence-electron chi connectivity index (χ0n) is 13.8.